The van der Waals surface area contributed by atoms with E-state index in [9.17, 15) is 18.9 Å². The van der Waals surface area contributed by atoms with Crippen molar-refractivity contribution in [1.82, 2.24) is 15.0 Å². The summed E-state index contributed by atoms with van der Waals surface area (Å²) < 4.78 is 49.2. The van der Waals surface area contributed by atoms with Gasteiger partial charge in [-0.1, -0.05) is 24.3 Å². The van der Waals surface area contributed by atoms with E-state index in [0.29, 0.717) is 22.9 Å². The molecule has 0 bridgehead atoms. The van der Waals surface area contributed by atoms with Crippen LogP contribution in [0.25, 0.3) is 22.3 Å². The Morgan fingerprint density at radius 1 is 1.10 bits per heavy atom. The Morgan fingerprint density at radius 3 is 2.61 bits per heavy atom. The maximum Gasteiger partial charge on any atom is 0.303 e. The number of carbonyl (C=O) groups is 1. The van der Waals surface area contributed by atoms with Crippen LogP contribution in [0.1, 0.15) is 30.2 Å². The van der Waals surface area contributed by atoms with Crippen molar-refractivity contribution in [2.45, 2.75) is 25.4 Å². The van der Waals surface area contributed by atoms with E-state index in [2.05, 4.69) is 15.0 Å². The highest BCUT2D eigenvalue weighted by molar-refractivity contribution is 7.70. The van der Waals surface area contributed by atoms with Gasteiger partial charge in [0.15, 0.2) is 11.6 Å². The van der Waals surface area contributed by atoms with Gasteiger partial charge in [-0.2, -0.15) is 0 Å². The van der Waals surface area contributed by atoms with Crippen LogP contribution >= 0.6 is 7.14 Å². The highest BCUT2D eigenvalue weighted by Gasteiger charge is 2.29. The van der Waals surface area contributed by atoms with E-state index in [1.165, 1.54) is 37.7 Å². The first-order chi connectivity index (χ1) is 19.3. The first-order valence-electron chi connectivity index (χ1n) is 12.8. The smallest absolute Gasteiger partial charge is 0.303 e. The third-order valence-corrected chi connectivity index (χ3v) is 8.43. The molecule has 0 spiro atoms. The number of nitrogens with one attached hydrogen (secondary N) is 2. The van der Waals surface area contributed by atoms with Gasteiger partial charge in [0.2, 0.25) is 0 Å². The number of aryl methyl sites for hydroxylation is 1. The zero-order valence-corrected chi connectivity index (χ0v) is 23.4. The lowest BCUT2D eigenvalue weighted by Gasteiger charge is -2.23. The molecule has 5 rings (SSSR count). The molecule has 0 fully saturated rings. The van der Waals surface area contributed by atoms with E-state index in [-0.39, 0.29) is 40.3 Å². The quantitative estimate of drug-likeness (QED) is 0.155. The number of carboxylic acid groups (broad SMARTS) is 1. The Balaban J connectivity index is 1.48. The number of aromatic nitrogens is 3. The average Bonchev–Trinajstić information content (AvgIpc) is 3.58. The van der Waals surface area contributed by atoms with Gasteiger partial charge in [-0.05, 0) is 62.1 Å². The van der Waals surface area contributed by atoms with Crippen molar-refractivity contribution < 1.29 is 33.1 Å². The number of H-pyrrole nitrogens is 2. The van der Waals surface area contributed by atoms with Crippen molar-refractivity contribution in [2.24, 2.45) is 0 Å². The highest BCUT2D eigenvalue weighted by Crippen LogP contribution is 2.44. The lowest BCUT2D eigenvalue weighted by molar-refractivity contribution is -0.136. The summed E-state index contributed by atoms with van der Waals surface area (Å²) >= 11 is 0. The number of benzene rings is 3. The lowest BCUT2D eigenvalue weighted by atomic mass is 9.91. The fourth-order valence-electron chi connectivity index (χ4n) is 4.78. The number of hydrogen-bond donors (Lipinski definition) is 4. The molecule has 2 heterocycles. The van der Waals surface area contributed by atoms with Crippen molar-refractivity contribution >= 4 is 29.3 Å². The third kappa shape index (κ3) is 5.66. The van der Waals surface area contributed by atoms with E-state index >= 15 is 4.39 Å². The Labute approximate surface area is 234 Å². The Hall–Kier alpha value is -4.27. The molecule has 2 aromatic heterocycles. The van der Waals surface area contributed by atoms with E-state index in [1.54, 1.807) is 43.5 Å². The van der Waals surface area contributed by atoms with Gasteiger partial charge < -0.3 is 29.5 Å². The first kappa shape index (κ1) is 28.3. The molecule has 11 heteroatoms. The van der Waals surface area contributed by atoms with Crippen molar-refractivity contribution in [3.8, 4) is 22.9 Å². The van der Waals surface area contributed by atoms with Crippen LogP contribution in [0, 0.1) is 11.6 Å². The minimum absolute atomic E-state index is 0.0145. The molecule has 0 radical (unpaired) electrons. The number of ether oxygens (including phenoxy) is 1. The number of aromatic amines is 2. The number of hydrogen-bond acceptors (Lipinski definition) is 5. The van der Waals surface area contributed by atoms with Crippen LogP contribution < -0.4 is 10.0 Å². The largest absolute Gasteiger partial charge is 0.481 e. The summed E-state index contributed by atoms with van der Waals surface area (Å²) in [7, 11) is -3.00. The molecule has 41 heavy (non-hydrogen) atoms. The number of rotatable bonds is 9. The second kappa shape index (κ2) is 10.6. The van der Waals surface area contributed by atoms with Gasteiger partial charge in [0.05, 0.1) is 22.8 Å². The second-order valence-corrected chi connectivity index (χ2v) is 13.5. The minimum atomic E-state index is -3.00. The molecule has 212 valence electrons. The van der Waals surface area contributed by atoms with Crippen molar-refractivity contribution in [2.75, 3.05) is 13.3 Å². The minimum Gasteiger partial charge on any atom is -0.481 e. The summed E-state index contributed by atoms with van der Waals surface area (Å²) in [6.07, 6.45) is 3.26. The van der Waals surface area contributed by atoms with Gasteiger partial charge in [-0.3, -0.25) is 4.79 Å². The summed E-state index contributed by atoms with van der Waals surface area (Å²) in [4.78, 5) is 21.1. The highest BCUT2D eigenvalue weighted by atomic mass is 31.2. The second-order valence-electron chi connectivity index (χ2n) is 10.4. The molecular formula is C30H28F2N3O5P. The van der Waals surface area contributed by atoms with Crippen molar-refractivity contribution in [3.05, 3.63) is 95.4 Å². The molecule has 1 atom stereocenters. The number of halogens is 2. The zero-order chi connectivity index (χ0) is 29.5. The standard InChI is InChI=1S/C30H28F2N3O5P/c1-30(38,18-6-4-5-17(13-18)7-10-26(36)37)25-16-34-29(35-25)21-14-19(8-9-22(21)31)40-27-23(32)15-24-20(11-12-33-24)28(27)41(2,3)39/h4-6,8-9,11-16,33,38H,7,10H2,1-3H3,(H,34,35)(H,36,37). The number of nitrogens with zero attached hydrogens (tertiary/aromatic N) is 1. The molecule has 0 amide bonds. The Morgan fingerprint density at radius 2 is 1.88 bits per heavy atom. The van der Waals surface area contributed by atoms with Crippen molar-refractivity contribution in [3.63, 3.8) is 0 Å². The predicted molar refractivity (Wildman–Crippen MR) is 152 cm³/mol. The van der Waals surface area contributed by atoms with Crippen LogP contribution in [0.4, 0.5) is 8.78 Å². The summed E-state index contributed by atoms with van der Waals surface area (Å²) in [6, 6.07) is 13.7. The number of fused-ring (bicyclic) bond motifs is 1. The van der Waals surface area contributed by atoms with Crippen LogP contribution in [0.2, 0.25) is 0 Å². The molecule has 0 saturated heterocycles. The van der Waals surface area contributed by atoms with E-state index in [1.807, 2.05) is 0 Å². The van der Waals surface area contributed by atoms with Gasteiger partial charge >= 0.3 is 5.97 Å². The zero-order valence-electron chi connectivity index (χ0n) is 22.5. The normalized spacial score (nSPS) is 13.3. The van der Waals surface area contributed by atoms with Gasteiger partial charge in [-0.25, -0.2) is 13.8 Å². The summed E-state index contributed by atoms with van der Waals surface area (Å²) in [6.45, 7) is 4.59. The summed E-state index contributed by atoms with van der Waals surface area (Å²) in [5.41, 5.74) is 0.464. The number of aliphatic carboxylic acids is 1. The first-order valence-corrected chi connectivity index (χ1v) is 15.4. The van der Waals surface area contributed by atoms with Gasteiger partial charge in [0.1, 0.15) is 30.1 Å². The van der Waals surface area contributed by atoms with Gasteiger partial charge in [-0.15, -0.1) is 0 Å². The summed E-state index contributed by atoms with van der Waals surface area (Å²) in [5.74, 6) is -2.27. The van der Waals surface area contributed by atoms with Crippen LogP contribution in [0.5, 0.6) is 11.5 Å². The van der Waals surface area contributed by atoms with Crippen LogP contribution in [0.15, 0.2) is 67.0 Å². The van der Waals surface area contributed by atoms with E-state index in [0.717, 1.165) is 11.6 Å². The van der Waals surface area contributed by atoms with Gasteiger partial charge in [0.25, 0.3) is 0 Å². The fraction of sp³-hybridized carbons (Fsp3) is 0.200. The molecule has 0 aliphatic heterocycles. The summed E-state index contributed by atoms with van der Waals surface area (Å²) in [5, 5.41) is 21.2. The predicted octanol–water partition coefficient (Wildman–Crippen LogP) is 6.15. The molecule has 0 saturated carbocycles. The Kier molecular flexibility index (Phi) is 7.32. The average molecular weight is 580 g/mol. The van der Waals surface area contributed by atoms with E-state index in [4.69, 9.17) is 9.84 Å². The maximum atomic E-state index is 15.2. The number of imidazole rings is 1. The monoisotopic (exact) mass is 579 g/mol. The topological polar surface area (TPSA) is 128 Å². The van der Waals surface area contributed by atoms with Crippen molar-refractivity contribution in [1.29, 1.82) is 0 Å². The molecule has 8 nitrogen and oxygen atoms in total. The molecular weight excluding hydrogens is 551 g/mol. The SMILES string of the molecule is CC(O)(c1cccc(CCC(=O)O)c1)c1cnc(-c2cc(Oc3c(F)cc4[nH]ccc4c3P(C)(C)=O)ccc2F)[nH]1. The fourth-order valence-corrected chi connectivity index (χ4v) is 6.19. The molecule has 0 aliphatic rings. The number of carboxylic acids is 1. The van der Waals surface area contributed by atoms with Crippen LogP contribution in [0.3, 0.4) is 0 Å². The maximum absolute atomic E-state index is 15.2. The molecule has 1 unspecified atom stereocenters. The molecule has 0 aliphatic carbocycles. The number of aliphatic hydroxyl groups is 1. The molecule has 4 N–H and O–H groups in total. The van der Waals surface area contributed by atoms with Crippen LogP contribution in [-0.4, -0.2) is 44.5 Å². The molecule has 5 aromatic rings. The van der Waals surface area contributed by atoms with E-state index < -0.39 is 30.3 Å². The van der Waals surface area contributed by atoms with Crippen LogP contribution in [-0.2, 0) is 21.4 Å². The third-order valence-electron chi connectivity index (χ3n) is 6.91. The Bertz CT molecular complexity index is 1820. The van der Waals surface area contributed by atoms with Gasteiger partial charge in [0, 0.05) is 29.6 Å². The lowest BCUT2D eigenvalue weighted by Crippen LogP contribution is -2.23. The molecule has 3 aromatic carbocycles.